The van der Waals surface area contributed by atoms with Crippen molar-refractivity contribution < 1.29 is 4.42 Å². The maximum Gasteiger partial charge on any atom is 0.198 e. The fourth-order valence-corrected chi connectivity index (χ4v) is 12.4. The third-order valence-electron chi connectivity index (χ3n) is 16.0. The van der Waals surface area contributed by atoms with E-state index >= 15 is 0 Å². The number of hydrogen-bond acceptors (Lipinski definition) is 3. The first-order valence-corrected chi connectivity index (χ1v) is 24.1. The standard InChI is InChI=1S/C62H54BN3O/c1-37-33-48-49(61(4,5)32-31-60(48,2)3)36-51(37)66-52-35-40(65(38-19-10-8-11-20-38)39-21-12-9-13-22-39)34-46(43-25-18-26-45-56(43)64-57-44-24-15-17-28-53(44)67-59(45)57)55(52)63-50-30-29-42-41-23-14-16-27-47(41)62(6,7)54(42)58(50)66/h8-30,33-36,63-64H,31-32H2,1-7H3. The smallest absolute Gasteiger partial charge is 0.198 e. The highest BCUT2D eigenvalue weighted by atomic mass is 16.3. The van der Waals surface area contributed by atoms with Crippen LogP contribution in [0.1, 0.15) is 82.2 Å². The van der Waals surface area contributed by atoms with Gasteiger partial charge in [-0.1, -0.05) is 150 Å². The average molecular weight is 868 g/mol. The van der Waals surface area contributed by atoms with Gasteiger partial charge in [0.2, 0.25) is 0 Å². The zero-order valence-corrected chi connectivity index (χ0v) is 39.5. The van der Waals surface area contributed by atoms with Gasteiger partial charge in [0.15, 0.2) is 12.9 Å². The molecule has 0 bridgehead atoms. The van der Waals surface area contributed by atoms with Crippen molar-refractivity contribution >= 4 is 85.3 Å². The zero-order chi connectivity index (χ0) is 45.6. The van der Waals surface area contributed by atoms with Gasteiger partial charge in [0.25, 0.3) is 0 Å². The lowest BCUT2D eigenvalue weighted by Crippen LogP contribution is -2.43. The van der Waals surface area contributed by atoms with Crippen LogP contribution in [-0.2, 0) is 16.2 Å². The van der Waals surface area contributed by atoms with E-state index in [-0.39, 0.29) is 16.2 Å². The summed E-state index contributed by atoms with van der Waals surface area (Å²) >= 11 is 0. The average Bonchev–Trinajstić information content (AvgIpc) is 3.96. The predicted molar refractivity (Wildman–Crippen MR) is 284 cm³/mol. The van der Waals surface area contributed by atoms with Gasteiger partial charge in [-0.2, -0.15) is 0 Å². The normalized spacial score (nSPS) is 16.0. The van der Waals surface area contributed by atoms with Crippen molar-refractivity contribution in [3.8, 4) is 22.3 Å². The molecule has 0 saturated heterocycles. The number of furan rings is 1. The molecule has 0 unspecified atom stereocenters. The van der Waals surface area contributed by atoms with Crippen molar-refractivity contribution in [3.63, 3.8) is 0 Å². The molecule has 5 heteroatoms. The number of fused-ring (bicyclic) bond motifs is 12. The number of para-hydroxylation sites is 4. The molecule has 326 valence electrons. The SMILES string of the molecule is Cc1cc2c(cc1N1c3cc(N(c4ccccc4)c4ccccc4)cc(-c4cccc5c4[nH]c4c6ccccc6oc54)c3Bc3ccc4c(c31)C(C)(C)c1ccccc1-4)C(C)(C)CCC2(C)C. The van der Waals surface area contributed by atoms with Gasteiger partial charge in [-0.15, -0.1) is 0 Å². The fourth-order valence-electron chi connectivity index (χ4n) is 12.4. The zero-order valence-electron chi connectivity index (χ0n) is 39.5. The van der Waals surface area contributed by atoms with Gasteiger partial charge in [0, 0.05) is 55.9 Å². The maximum absolute atomic E-state index is 6.64. The highest BCUT2D eigenvalue weighted by Crippen LogP contribution is 2.57. The summed E-state index contributed by atoms with van der Waals surface area (Å²) in [5.41, 5.74) is 25.6. The minimum absolute atomic E-state index is 0.0255. The van der Waals surface area contributed by atoms with Crippen molar-refractivity contribution in [2.45, 2.75) is 77.6 Å². The number of benzene rings is 8. The highest BCUT2D eigenvalue weighted by molar-refractivity contribution is 6.73. The maximum atomic E-state index is 6.64. The minimum atomic E-state index is -0.232. The molecule has 3 heterocycles. The molecule has 2 aromatic heterocycles. The number of aryl methyl sites for hydroxylation is 1. The van der Waals surface area contributed by atoms with Crippen molar-refractivity contribution in [2.75, 3.05) is 9.80 Å². The third-order valence-corrected chi connectivity index (χ3v) is 16.0. The lowest BCUT2D eigenvalue weighted by atomic mass is 9.56. The first-order chi connectivity index (χ1) is 32.4. The van der Waals surface area contributed by atoms with Gasteiger partial charge in [0.1, 0.15) is 5.58 Å². The Balaban J connectivity index is 1.17. The van der Waals surface area contributed by atoms with Gasteiger partial charge in [-0.05, 0) is 141 Å². The molecule has 67 heavy (non-hydrogen) atoms. The van der Waals surface area contributed by atoms with Crippen LogP contribution >= 0.6 is 0 Å². The van der Waals surface area contributed by atoms with Crippen LogP contribution in [0.2, 0.25) is 0 Å². The molecular formula is C62H54BN3O. The molecule has 1 N–H and O–H groups in total. The number of aromatic amines is 1. The lowest BCUT2D eigenvalue weighted by Gasteiger charge is -2.44. The number of aromatic nitrogens is 1. The summed E-state index contributed by atoms with van der Waals surface area (Å²) < 4.78 is 6.64. The second-order valence-electron chi connectivity index (χ2n) is 21.3. The molecule has 10 aromatic rings. The van der Waals surface area contributed by atoms with Crippen LogP contribution < -0.4 is 20.7 Å². The van der Waals surface area contributed by atoms with Crippen molar-refractivity contribution in [3.05, 3.63) is 192 Å². The number of rotatable bonds is 5. The lowest BCUT2D eigenvalue weighted by molar-refractivity contribution is 0.332. The molecule has 4 nitrogen and oxygen atoms in total. The third kappa shape index (κ3) is 5.79. The summed E-state index contributed by atoms with van der Waals surface area (Å²) in [6.07, 6.45) is 2.32. The van der Waals surface area contributed by atoms with E-state index in [0.717, 1.165) is 69.3 Å². The molecule has 0 fully saturated rings. The van der Waals surface area contributed by atoms with Crippen LogP contribution in [0.4, 0.5) is 34.1 Å². The largest absolute Gasteiger partial charge is 0.454 e. The molecule has 13 rings (SSSR count). The molecule has 3 aliphatic rings. The van der Waals surface area contributed by atoms with Gasteiger partial charge < -0.3 is 19.2 Å². The van der Waals surface area contributed by atoms with Crippen LogP contribution in [0.15, 0.2) is 168 Å². The summed E-state index contributed by atoms with van der Waals surface area (Å²) in [4.78, 5) is 9.09. The van der Waals surface area contributed by atoms with Crippen molar-refractivity contribution in [2.24, 2.45) is 0 Å². The van der Waals surface area contributed by atoms with Crippen LogP contribution in [0, 0.1) is 6.92 Å². The van der Waals surface area contributed by atoms with Crippen LogP contribution in [0.3, 0.4) is 0 Å². The first-order valence-electron chi connectivity index (χ1n) is 24.1. The van der Waals surface area contributed by atoms with Crippen LogP contribution in [-0.4, -0.2) is 12.3 Å². The Hall–Kier alpha value is -7.24. The van der Waals surface area contributed by atoms with Gasteiger partial charge >= 0.3 is 0 Å². The summed E-state index contributed by atoms with van der Waals surface area (Å²) in [5, 5.41) is 2.19. The van der Waals surface area contributed by atoms with E-state index in [9.17, 15) is 0 Å². The molecule has 0 saturated carbocycles. The van der Waals surface area contributed by atoms with E-state index < -0.39 is 0 Å². The Labute approximate surface area is 394 Å². The second-order valence-corrected chi connectivity index (χ2v) is 21.3. The predicted octanol–water partition coefficient (Wildman–Crippen LogP) is 15.3. The van der Waals surface area contributed by atoms with E-state index in [0.29, 0.717) is 0 Å². The molecule has 0 spiro atoms. The van der Waals surface area contributed by atoms with Gasteiger partial charge in [0.05, 0.1) is 11.0 Å². The Bertz CT molecular complexity index is 3630. The summed E-state index contributed by atoms with van der Waals surface area (Å²) in [6, 6.07) is 60.9. The summed E-state index contributed by atoms with van der Waals surface area (Å²) in [7, 11) is 0.784. The quantitative estimate of drug-likeness (QED) is 0.175. The number of H-pyrrole nitrogens is 1. The van der Waals surface area contributed by atoms with Gasteiger partial charge in [-0.25, -0.2) is 0 Å². The van der Waals surface area contributed by atoms with E-state index in [2.05, 4.69) is 221 Å². The van der Waals surface area contributed by atoms with E-state index in [1.807, 2.05) is 6.07 Å². The topological polar surface area (TPSA) is 35.4 Å². The second kappa shape index (κ2) is 14.1. The monoisotopic (exact) mass is 867 g/mol. The van der Waals surface area contributed by atoms with Gasteiger partial charge in [-0.3, -0.25) is 0 Å². The Morgan fingerprint density at radius 2 is 1.18 bits per heavy atom. The number of anilines is 6. The van der Waals surface area contributed by atoms with E-state index in [1.54, 1.807) is 0 Å². The van der Waals surface area contributed by atoms with Crippen molar-refractivity contribution in [1.82, 2.24) is 4.98 Å². The van der Waals surface area contributed by atoms with Crippen molar-refractivity contribution in [1.29, 1.82) is 0 Å². The molecule has 0 amide bonds. The molecule has 8 aromatic carbocycles. The Morgan fingerprint density at radius 1 is 0.537 bits per heavy atom. The molecule has 0 radical (unpaired) electrons. The molecular weight excluding hydrogens is 814 g/mol. The van der Waals surface area contributed by atoms with E-state index in [1.165, 1.54) is 78.9 Å². The van der Waals surface area contributed by atoms with E-state index in [4.69, 9.17) is 4.42 Å². The Morgan fingerprint density at radius 3 is 1.93 bits per heavy atom. The first kappa shape index (κ1) is 40.1. The number of nitrogens with zero attached hydrogens (tertiary/aromatic N) is 2. The van der Waals surface area contributed by atoms with Crippen LogP contribution in [0.5, 0.6) is 0 Å². The molecule has 0 atom stereocenters. The fraction of sp³-hybridized carbons (Fsp3) is 0.194. The Kier molecular flexibility index (Phi) is 8.46. The summed E-state index contributed by atoms with van der Waals surface area (Å²) in [6.45, 7) is 17.0. The molecule has 1 aliphatic heterocycles. The minimum Gasteiger partial charge on any atom is -0.454 e. The number of nitrogens with one attached hydrogen (secondary N) is 1. The summed E-state index contributed by atoms with van der Waals surface area (Å²) in [5.74, 6) is 0. The molecule has 2 aliphatic carbocycles. The number of hydrogen-bond donors (Lipinski definition) is 1. The van der Waals surface area contributed by atoms with Crippen LogP contribution in [0.25, 0.3) is 55.2 Å². The highest BCUT2D eigenvalue weighted by Gasteiger charge is 2.44.